The molecule has 5 nitrogen and oxygen atoms in total. The van der Waals surface area contributed by atoms with Gasteiger partial charge in [0, 0.05) is 42.1 Å². The first-order valence-electron chi connectivity index (χ1n) is 8.81. The average molecular weight is 378 g/mol. The molecule has 0 saturated carbocycles. The van der Waals surface area contributed by atoms with Gasteiger partial charge in [-0.1, -0.05) is 19.6 Å². The number of nitrogens with zero attached hydrogens (tertiary/aromatic N) is 3. The van der Waals surface area contributed by atoms with Gasteiger partial charge in [-0.25, -0.2) is 9.97 Å². The molecule has 0 unspecified atom stereocenters. The monoisotopic (exact) mass is 377 g/mol. The summed E-state index contributed by atoms with van der Waals surface area (Å²) in [4.78, 5) is 14.4. The summed E-state index contributed by atoms with van der Waals surface area (Å²) in [5.41, 5.74) is 11.6. The molecule has 3 N–H and O–H groups in total. The summed E-state index contributed by atoms with van der Waals surface area (Å²) in [6, 6.07) is 4.15. The number of aromatic nitrogens is 3. The zero-order valence-electron chi connectivity index (χ0n) is 15.6. The molecule has 0 radical (unpaired) electrons. The maximum absolute atomic E-state index is 5.76. The lowest BCUT2D eigenvalue weighted by Crippen LogP contribution is -2.02. The molecule has 3 aromatic heterocycles. The minimum atomic E-state index is 0.452. The first-order valence-corrected chi connectivity index (χ1v) is 9.63. The molecule has 3 rings (SSSR count). The largest absolute Gasteiger partial charge is 0.388 e. The summed E-state index contributed by atoms with van der Waals surface area (Å²) in [5.74, 6) is 0. The summed E-state index contributed by atoms with van der Waals surface area (Å²) in [7, 11) is 1.89. The van der Waals surface area contributed by atoms with Crippen molar-refractivity contribution in [1.82, 2.24) is 20.3 Å². The van der Waals surface area contributed by atoms with E-state index < -0.39 is 0 Å². The predicted octanol–water partition coefficient (Wildman–Crippen LogP) is 4.29. The molecule has 0 atom stereocenters. The summed E-state index contributed by atoms with van der Waals surface area (Å²) in [6.45, 7) is 6.44. The Bertz CT molecular complexity index is 1020. The minimum absolute atomic E-state index is 0.452. The molecule has 0 aliphatic heterocycles. The highest BCUT2D eigenvalue weighted by molar-refractivity contribution is 7.20. The van der Waals surface area contributed by atoms with Crippen molar-refractivity contribution in [3.8, 4) is 11.3 Å². The van der Waals surface area contributed by atoms with Crippen LogP contribution in [0.15, 0.2) is 61.4 Å². The van der Waals surface area contributed by atoms with Crippen LogP contribution in [0.25, 0.3) is 27.0 Å². The molecule has 0 aromatic carbocycles. The predicted molar refractivity (Wildman–Crippen MR) is 114 cm³/mol. The van der Waals surface area contributed by atoms with E-state index in [2.05, 4.69) is 52.0 Å². The Morgan fingerprint density at radius 3 is 2.85 bits per heavy atom. The molecule has 6 heteroatoms. The second-order valence-electron chi connectivity index (χ2n) is 5.95. The van der Waals surface area contributed by atoms with Gasteiger partial charge in [-0.2, -0.15) is 0 Å². The topological polar surface area (TPSA) is 76.7 Å². The maximum atomic E-state index is 5.76. The Balaban J connectivity index is 2.13. The number of thiophene rings is 1. The maximum Gasteiger partial charge on any atom is 0.116 e. The number of nitrogens with two attached hydrogens (primary N) is 1. The first-order chi connectivity index (χ1) is 13.2. The molecule has 3 heterocycles. The van der Waals surface area contributed by atoms with Crippen LogP contribution in [0.4, 0.5) is 0 Å². The SMILES string of the molecule is C=C/C(=C\C(=C/CC)c1cc2ncnc(-c3cncc(CN)c3)c2s1)NC. The number of hydrogen-bond donors (Lipinski definition) is 2. The highest BCUT2D eigenvalue weighted by atomic mass is 32.1. The van der Waals surface area contributed by atoms with Gasteiger partial charge in [0.2, 0.25) is 0 Å². The molecule has 0 aliphatic rings. The van der Waals surface area contributed by atoms with Gasteiger partial charge < -0.3 is 11.1 Å². The van der Waals surface area contributed by atoms with Gasteiger partial charge in [-0.15, -0.1) is 11.3 Å². The standard InChI is InChI=1S/C21H23N5S/c1-4-6-15(8-17(5-2)23-3)19-9-18-21(27-19)20(26-13-25-18)16-7-14(10-22)11-24-12-16/h5-9,11-13,23H,2,4,10,22H2,1,3H3/b15-6+,17-8+. The van der Waals surface area contributed by atoms with Crippen LogP contribution in [0.1, 0.15) is 23.8 Å². The Morgan fingerprint density at radius 2 is 2.15 bits per heavy atom. The highest BCUT2D eigenvalue weighted by Crippen LogP contribution is 2.36. The van der Waals surface area contributed by atoms with Crippen molar-refractivity contribution in [2.24, 2.45) is 5.73 Å². The van der Waals surface area contributed by atoms with Crippen molar-refractivity contribution in [1.29, 1.82) is 0 Å². The van der Waals surface area contributed by atoms with E-state index in [1.807, 2.05) is 25.4 Å². The molecule has 0 saturated heterocycles. The van der Waals surface area contributed by atoms with Crippen LogP contribution in [0, 0.1) is 0 Å². The molecule has 0 aliphatic carbocycles. The van der Waals surface area contributed by atoms with Gasteiger partial charge in [0.15, 0.2) is 0 Å². The third-order valence-corrected chi connectivity index (χ3v) is 5.32. The van der Waals surface area contributed by atoms with Crippen molar-refractivity contribution >= 4 is 27.1 Å². The fraction of sp³-hybridized carbons (Fsp3) is 0.190. The molecular weight excluding hydrogens is 354 g/mol. The van der Waals surface area contributed by atoms with Crippen LogP contribution in [0.5, 0.6) is 0 Å². The highest BCUT2D eigenvalue weighted by Gasteiger charge is 2.13. The molecule has 0 fully saturated rings. The molecule has 27 heavy (non-hydrogen) atoms. The molecule has 0 bridgehead atoms. The normalized spacial score (nSPS) is 12.4. The number of nitrogens with one attached hydrogen (secondary N) is 1. The summed E-state index contributed by atoms with van der Waals surface area (Å²) >= 11 is 1.68. The van der Waals surface area contributed by atoms with Crippen molar-refractivity contribution in [2.75, 3.05) is 7.05 Å². The van der Waals surface area contributed by atoms with E-state index in [9.17, 15) is 0 Å². The number of hydrogen-bond acceptors (Lipinski definition) is 6. The lowest BCUT2D eigenvalue weighted by molar-refractivity contribution is 1.04. The quantitative estimate of drug-likeness (QED) is 0.601. The van der Waals surface area contributed by atoms with E-state index in [1.165, 1.54) is 0 Å². The number of fused-ring (bicyclic) bond motifs is 1. The van der Waals surface area contributed by atoms with Gasteiger partial charge in [-0.05, 0) is 41.8 Å². The van der Waals surface area contributed by atoms with Gasteiger partial charge in [-0.3, -0.25) is 4.98 Å². The second kappa shape index (κ2) is 8.70. The third kappa shape index (κ3) is 4.13. The van der Waals surface area contributed by atoms with Gasteiger partial charge in [0.25, 0.3) is 0 Å². The van der Waals surface area contributed by atoms with Crippen LogP contribution in [-0.4, -0.2) is 22.0 Å². The summed E-state index contributed by atoms with van der Waals surface area (Å²) in [5, 5.41) is 3.15. The van der Waals surface area contributed by atoms with Crippen LogP contribution >= 0.6 is 11.3 Å². The van der Waals surface area contributed by atoms with Gasteiger partial charge in [0.05, 0.1) is 15.9 Å². The molecule has 0 spiro atoms. The average Bonchev–Trinajstić information content (AvgIpc) is 3.15. The van der Waals surface area contributed by atoms with Gasteiger partial charge >= 0.3 is 0 Å². The van der Waals surface area contributed by atoms with E-state index in [4.69, 9.17) is 5.73 Å². The fourth-order valence-electron chi connectivity index (χ4n) is 2.78. The van der Waals surface area contributed by atoms with E-state index in [0.717, 1.165) is 49.6 Å². The number of likely N-dealkylation sites (N-methyl/N-ethyl adjacent to an activating group) is 1. The van der Waals surface area contributed by atoms with Crippen molar-refractivity contribution in [3.63, 3.8) is 0 Å². The number of rotatable bonds is 7. The van der Waals surface area contributed by atoms with Crippen molar-refractivity contribution < 1.29 is 0 Å². The Hall–Kier alpha value is -2.83. The Kier molecular flexibility index (Phi) is 6.11. The molecule has 138 valence electrons. The second-order valence-corrected chi connectivity index (χ2v) is 7.01. The lowest BCUT2D eigenvalue weighted by Gasteiger charge is -2.04. The summed E-state index contributed by atoms with van der Waals surface area (Å²) < 4.78 is 1.04. The fourth-order valence-corrected chi connectivity index (χ4v) is 3.92. The van der Waals surface area contributed by atoms with Crippen LogP contribution in [-0.2, 0) is 6.54 Å². The molecular formula is C21H23N5S. The minimum Gasteiger partial charge on any atom is -0.388 e. The summed E-state index contributed by atoms with van der Waals surface area (Å²) in [6.07, 6.45) is 12.3. The van der Waals surface area contributed by atoms with E-state index in [0.29, 0.717) is 6.54 Å². The molecule has 0 amide bonds. The van der Waals surface area contributed by atoms with Crippen molar-refractivity contribution in [3.05, 3.63) is 71.8 Å². The number of pyridine rings is 1. The van der Waals surface area contributed by atoms with E-state index in [-0.39, 0.29) is 0 Å². The number of allylic oxidation sites excluding steroid dienone is 4. The third-order valence-electron chi connectivity index (χ3n) is 4.14. The molecule has 3 aromatic rings. The zero-order valence-corrected chi connectivity index (χ0v) is 16.4. The van der Waals surface area contributed by atoms with E-state index >= 15 is 0 Å². The Morgan fingerprint density at radius 1 is 1.30 bits per heavy atom. The van der Waals surface area contributed by atoms with E-state index in [1.54, 1.807) is 23.9 Å². The van der Waals surface area contributed by atoms with Crippen LogP contribution < -0.4 is 11.1 Å². The smallest absolute Gasteiger partial charge is 0.116 e. The van der Waals surface area contributed by atoms with Gasteiger partial charge in [0.1, 0.15) is 6.33 Å². The zero-order chi connectivity index (χ0) is 19.2. The Labute approximate surface area is 163 Å². The lowest BCUT2D eigenvalue weighted by atomic mass is 10.1. The van der Waals surface area contributed by atoms with Crippen LogP contribution in [0.3, 0.4) is 0 Å². The first kappa shape index (κ1) is 18.9. The van der Waals surface area contributed by atoms with Crippen LogP contribution in [0.2, 0.25) is 0 Å². The van der Waals surface area contributed by atoms with Crippen molar-refractivity contribution in [2.45, 2.75) is 19.9 Å².